The summed E-state index contributed by atoms with van der Waals surface area (Å²) in [7, 11) is 0. The van der Waals surface area contributed by atoms with Crippen molar-refractivity contribution in [2.24, 2.45) is 11.7 Å². The molecule has 0 aliphatic heterocycles. The molecular weight excluding hydrogens is 210 g/mol. The molecule has 0 aromatic heterocycles. The van der Waals surface area contributed by atoms with Gasteiger partial charge in [-0.25, -0.2) is 0 Å². The van der Waals surface area contributed by atoms with Gasteiger partial charge in [-0.1, -0.05) is 13.0 Å². The van der Waals surface area contributed by atoms with Gasteiger partial charge in [0.2, 0.25) is 0 Å². The van der Waals surface area contributed by atoms with Crippen LogP contribution < -0.4 is 10.5 Å². The standard InChI is InChI=1S/C15H23NO/c1-10-4-5-14(16)15(9-10)17-13-7-11(2)6-12(3)8-13/h6-8,10,14-15H,4-5,9,16H2,1-3H3. The van der Waals surface area contributed by atoms with Crippen LogP contribution in [0.5, 0.6) is 5.75 Å². The minimum Gasteiger partial charge on any atom is -0.489 e. The molecule has 1 saturated carbocycles. The van der Waals surface area contributed by atoms with E-state index < -0.39 is 0 Å². The third kappa shape index (κ3) is 3.22. The van der Waals surface area contributed by atoms with Crippen molar-refractivity contribution in [3.05, 3.63) is 29.3 Å². The molecule has 0 heterocycles. The van der Waals surface area contributed by atoms with E-state index in [1.165, 1.54) is 17.5 Å². The lowest BCUT2D eigenvalue weighted by Gasteiger charge is -2.32. The van der Waals surface area contributed by atoms with Gasteiger partial charge in [-0.15, -0.1) is 0 Å². The van der Waals surface area contributed by atoms with Gasteiger partial charge >= 0.3 is 0 Å². The molecule has 2 heteroatoms. The molecule has 94 valence electrons. The van der Waals surface area contributed by atoms with E-state index in [-0.39, 0.29) is 12.1 Å². The number of rotatable bonds is 2. The molecule has 3 atom stereocenters. The van der Waals surface area contributed by atoms with Crippen LogP contribution in [-0.2, 0) is 0 Å². The smallest absolute Gasteiger partial charge is 0.120 e. The molecule has 2 rings (SSSR count). The second kappa shape index (κ2) is 5.09. The normalized spacial score (nSPS) is 29.1. The second-order valence-corrected chi connectivity index (χ2v) is 5.56. The minimum absolute atomic E-state index is 0.181. The van der Waals surface area contributed by atoms with E-state index in [9.17, 15) is 0 Å². The topological polar surface area (TPSA) is 35.2 Å². The molecule has 0 spiro atoms. The van der Waals surface area contributed by atoms with Crippen LogP contribution in [0.2, 0.25) is 0 Å². The number of aryl methyl sites for hydroxylation is 2. The average molecular weight is 233 g/mol. The molecule has 3 unspecified atom stereocenters. The van der Waals surface area contributed by atoms with Gasteiger partial charge in [0, 0.05) is 6.04 Å². The molecule has 1 aromatic carbocycles. The first kappa shape index (κ1) is 12.4. The van der Waals surface area contributed by atoms with Crippen LogP contribution in [-0.4, -0.2) is 12.1 Å². The first-order valence-electron chi connectivity index (χ1n) is 6.55. The maximum absolute atomic E-state index is 6.14. The summed E-state index contributed by atoms with van der Waals surface area (Å²) in [5.74, 6) is 1.70. The Kier molecular flexibility index (Phi) is 3.72. The number of benzene rings is 1. The van der Waals surface area contributed by atoms with E-state index in [1.54, 1.807) is 0 Å². The third-order valence-electron chi connectivity index (χ3n) is 3.59. The van der Waals surface area contributed by atoms with E-state index >= 15 is 0 Å². The highest BCUT2D eigenvalue weighted by Gasteiger charge is 2.27. The van der Waals surface area contributed by atoms with Gasteiger partial charge < -0.3 is 10.5 Å². The number of nitrogens with two attached hydrogens (primary N) is 1. The van der Waals surface area contributed by atoms with E-state index in [1.807, 2.05) is 0 Å². The largest absolute Gasteiger partial charge is 0.489 e. The maximum atomic E-state index is 6.14. The van der Waals surface area contributed by atoms with Crippen LogP contribution in [0.15, 0.2) is 18.2 Å². The van der Waals surface area contributed by atoms with Gasteiger partial charge in [0.05, 0.1) is 0 Å². The molecular formula is C15H23NO. The highest BCUT2D eigenvalue weighted by molar-refractivity contribution is 5.33. The fourth-order valence-electron chi connectivity index (χ4n) is 2.66. The van der Waals surface area contributed by atoms with Crippen molar-refractivity contribution in [3.63, 3.8) is 0 Å². The van der Waals surface area contributed by atoms with Crippen LogP contribution >= 0.6 is 0 Å². The Morgan fingerprint density at radius 1 is 1.12 bits per heavy atom. The van der Waals surface area contributed by atoms with Gasteiger partial charge in [-0.05, 0) is 62.3 Å². The van der Waals surface area contributed by atoms with Crippen molar-refractivity contribution < 1.29 is 4.74 Å². The highest BCUT2D eigenvalue weighted by Crippen LogP contribution is 2.27. The summed E-state index contributed by atoms with van der Waals surface area (Å²) < 4.78 is 6.07. The second-order valence-electron chi connectivity index (χ2n) is 5.56. The van der Waals surface area contributed by atoms with Crippen molar-refractivity contribution in [2.45, 2.75) is 52.2 Å². The third-order valence-corrected chi connectivity index (χ3v) is 3.59. The summed E-state index contributed by atoms with van der Waals surface area (Å²) >= 11 is 0. The van der Waals surface area contributed by atoms with Crippen LogP contribution in [0.25, 0.3) is 0 Å². The predicted octanol–water partition coefficient (Wildman–Crippen LogP) is 3.20. The Labute approximate surface area is 104 Å². The molecule has 1 aromatic rings. The van der Waals surface area contributed by atoms with Gasteiger partial charge in [-0.3, -0.25) is 0 Å². The van der Waals surface area contributed by atoms with Crippen LogP contribution in [0.4, 0.5) is 0 Å². The SMILES string of the molecule is Cc1cc(C)cc(OC2CC(C)CCC2N)c1. The van der Waals surface area contributed by atoms with Crippen LogP contribution in [0.3, 0.4) is 0 Å². The summed E-state index contributed by atoms with van der Waals surface area (Å²) in [5.41, 5.74) is 8.64. The number of hydrogen-bond acceptors (Lipinski definition) is 2. The molecule has 2 N–H and O–H groups in total. The molecule has 1 aliphatic rings. The fourth-order valence-corrected chi connectivity index (χ4v) is 2.66. The van der Waals surface area contributed by atoms with Crippen LogP contribution in [0.1, 0.15) is 37.3 Å². The average Bonchev–Trinajstić information content (AvgIpc) is 2.22. The summed E-state index contributed by atoms with van der Waals surface area (Å²) in [6, 6.07) is 6.54. The van der Waals surface area contributed by atoms with Gasteiger partial charge in [0.15, 0.2) is 0 Å². The van der Waals surface area contributed by atoms with E-state index in [2.05, 4.69) is 39.0 Å². The zero-order chi connectivity index (χ0) is 12.4. The van der Waals surface area contributed by atoms with E-state index in [0.717, 1.165) is 24.5 Å². The summed E-state index contributed by atoms with van der Waals surface area (Å²) in [5, 5.41) is 0. The first-order valence-corrected chi connectivity index (χ1v) is 6.55. The van der Waals surface area contributed by atoms with Gasteiger partial charge in [-0.2, -0.15) is 0 Å². The summed E-state index contributed by atoms with van der Waals surface area (Å²) in [6.45, 7) is 6.48. The molecule has 0 bridgehead atoms. The Bertz CT molecular complexity index is 368. The Balaban J connectivity index is 2.08. The van der Waals surface area contributed by atoms with Crippen molar-refractivity contribution in [2.75, 3.05) is 0 Å². The van der Waals surface area contributed by atoms with Crippen molar-refractivity contribution >= 4 is 0 Å². The Morgan fingerprint density at radius 3 is 2.41 bits per heavy atom. The summed E-state index contributed by atoms with van der Waals surface area (Å²) in [6.07, 6.45) is 3.57. The van der Waals surface area contributed by atoms with Crippen LogP contribution in [0, 0.1) is 19.8 Å². The monoisotopic (exact) mass is 233 g/mol. The number of ether oxygens (including phenoxy) is 1. The Morgan fingerprint density at radius 2 is 1.76 bits per heavy atom. The molecule has 1 aliphatic carbocycles. The van der Waals surface area contributed by atoms with Gasteiger partial charge in [0.1, 0.15) is 11.9 Å². The van der Waals surface area contributed by atoms with Gasteiger partial charge in [0.25, 0.3) is 0 Å². The van der Waals surface area contributed by atoms with Crippen molar-refractivity contribution in [1.82, 2.24) is 0 Å². The van der Waals surface area contributed by atoms with Crippen molar-refractivity contribution in [1.29, 1.82) is 0 Å². The Hall–Kier alpha value is -1.02. The molecule has 0 radical (unpaired) electrons. The highest BCUT2D eigenvalue weighted by atomic mass is 16.5. The lowest BCUT2D eigenvalue weighted by molar-refractivity contribution is 0.108. The lowest BCUT2D eigenvalue weighted by atomic mass is 9.85. The van der Waals surface area contributed by atoms with Crippen molar-refractivity contribution in [3.8, 4) is 5.75 Å². The summed E-state index contributed by atoms with van der Waals surface area (Å²) in [4.78, 5) is 0. The minimum atomic E-state index is 0.181. The molecule has 0 amide bonds. The first-order chi connectivity index (χ1) is 8.04. The van der Waals surface area contributed by atoms with E-state index in [0.29, 0.717) is 0 Å². The maximum Gasteiger partial charge on any atom is 0.120 e. The zero-order valence-electron chi connectivity index (χ0n) is 11.1. The lowest BCUT2D eigenvalue weighted by Crippen LogP contribution is -2.43. The molecule has 1 fully saturated rings. The number of hydrogen-bond donors (Lipinski definition) is 1. The molecule has 0 saturated heterocycles. The quantitative estimate of drug-likeness (QED) is 0.851. The molecule has 17 heavy (non-hydrogen) atoms. The molecule has 2 nitrogen and oxygen atoms in total. The zero-order valence-corrected chi connectivity index (χ0v) is 11.1. The van der Waals surface area contributed by atoms with E-state index in [4.69, 9.17) is 10.5 Å². The fraction of sp³-hybridized carbons (Fsp3) is 0.600. The predicted molar refractivity (Wildman–Crippen MR) is 71.3 cm³/mol.